The van der Waals surface area contributed by atoms with E-state index in [0.29, 0.717) is 0 Å². The molecule has 4 rings (SSSR count). The molecule has 3 heteroatoms. The molecule has 1 aliphatic heterocycles. The zero-order chi connectivity index (χ0) is 17.8. The minimum absolute atomic E-state index is 0.0792. The highest BCUT2D eigenvalue weighted by Gasteiger charge is 2.32. The molecule has 0 radical (unpaired) electrons. The molecule has 1 amide bonds. The number of para-hydroxylation sites is 2. The van der Waals surface area contributed by atoms with Gasteiger partial charge in [0.15, 0.2) is 0 Å². The second kappa shape index (κ2) is 7.44. The highest BCUT2D eigenvalue weighted by Crippen LogP contribution is 2.34. The number of hydrogen-bond acceptors (Lipinski definition) is 2. The highest BCUT2D eigenvalue weighted by molar-refractivity contribution is 6.03. The maximum Gasteiger partial charge on any atom is 0.247 e. The number of nitrogens with zero attached hydrogens (tertiary/aromatic N) is 1. The Morgan fingerprint density at radius 1 is 0.769 bits per heavy atom. The molecule has 1 heterocycles. The molecule has 1 aliphatic rings. The van der Waals surface area contributed by atoms with Gasteiger partial charge in [-0.2, -0.15) is 0 Å². The quantitative estimate of drug-likeness (QED) is 0.732. The zero-order valence-electron chi connectivity index (χ0n) is 14.6. The van der Waals surface area contributed by atoms with E-state index < -0.39 is 0 Å². The first-order valence-electron chi connectivity index (χ1n) is 9.05. The Labute approximate surface area is 154 Å². The predicted molar refractivity (Wildman–Crippen MR) is 106 cm³/mol. The van der Waals surface area contributed by atoms with Crippen LogP contribution < -0.4 is 10.2 Å². The van der Waals surface area contributed by atoms with E-state index in [0.717, 1.165) is 30.8 Å². The van der Waals surface area contributed by atoms with Crippen molar-refractivity contribution in [1.29, 1.82) is 0 Å². The molecular formula is C23H22N2O. The van der Waals surface area contributed by atoms with Crippen LogP contribution in [0.15, 0.2) is 84.9 Å². The van der Waals surface area contributed by atoms with Gasteiger partial charge in [-0.25, -0.2) is 0 Å². The van der Waals surface area contributed by atoms with Crippen molar-refractivity contribution in [1.82, 2.24) is 0 Å². The van der Waals surface area contributed by atoms with Crippen molar-refractivity contribution in [3.8, 4) is 0 Å². The first-order chi connectivity index (χ1) is 12.8. The topological polar surface area (TPSA) is 32.3 Å². The van der Waals surface area contributed by atoms with Gasteiger partial charge < -0.3 is 10.2 Å². The predicted octanol–water partition coefficient (Wildman–Crippen LogP) is 4.65. The number of rotatable bonds is 5. The first kappa shape index (κ1) is 16.4. The fourth-order valence-corrected chi connectivity index (χ4v) is 3.57. The van der Waals surface area contributed by atoms with Crippen LogP contribution in [0.3, 0.4) is 0 Å². The van der Waals surface area contributed by atoms with Gasteiger partial charge in [0.1, 0.15) is 6.04 Å². The molecule has 0 aliphatic carbocycles. The van der Waals surface area contributed by atoms with Crippen molar-refractivity contribution in [2.45, 2.75) is 25.4 Å². The van der Waals surface area contributed by atoms with E-state index >= 15 is 0 Å². The Morgan fingerprint density at radius 3 is 2.12 bits per heavy atom. The van der Waals surface area contributed by atoms with Crippen LogP contribution in [0.2, 0.25) is 0 Å². The molecule has 130 valence electrons. The third-order valence-electron chi connectivity index (χ3n) is 4.90. The van der Waals surface area contributed by atoms with E-state index in [9.17, 15) is 4.79 Å². The van der Waals surface area contributed by atoms with Crippen LogP contribution >= 0.6 is 0 Å². The third kappa shape index (κ3) is 3.47. The lowest BCUT2D eigenvalue weighted by atomic mass is 9.99. The summed E-state index contributed by atoms with van der Waals surface area (Å²) in [6.07, 6.45) is 1.67. The van der Waals surface area contributed by atoms with Gasteiger partial charge >= 0.3 is 0 Å². The van der Waals surface area contributed by atoms with Gasteiger partial charge in [0.2, 0.25) is 5.91 Å². The van der Waals surface area contributed by atoms with E-state index in [2.05, 4.69) is 40.5 Å². The van der Waals surface area contributed by atoms with Gasteiger partial charge in [-0.15, -0.1) is 0 Å². The fourth-order valence-electron chi connectivity index (χ4n) is 3.57. The van der Waals surface area contributed by atoms with Crippen molar-refractivity contribution in [2.24, 2.45) is 0 Å². The summed E-state index contributed by atoms with van der Waals surface area (Å²) in [5, 5.41) is 3.08. The largest absolute Gasteiger partial charge is 0.353 e. The summed E-state index contributed by atoms with van der Waals surface area (Å²) in [5.41, 5.74) is 4.46. The number of anilines is 2. The summed E-state index contributed by atoms with van der Waals surface area (Å²) >= 11 is 0. The van der Waals surface area contributed by atoms with E-state index in [4.69, 9.17) is 0 Å². The summed E-state index contributed by atoms with van der Waals surface area (Å²) in [7, 11) is 0. The summed E-state index contributed by atoms with van der Waals surface area (Å²) in [5.74, 6) is 0.0792. The number of fused-ring (bicyclic) bond motifs is 1. The SMILES string of the molecule is O=C1Nc2ccccc2N(Cc2ccccc2)C1CCc1ccccc1. The highest BCUT2D eigenvalue weighted by atomic mass is 16.2. The van der Waals surface area contributed by atoms with Gasteiger partial charge in [-0.3, -0.25) is 4.79 Å². The molecule has 3 aromatic rings. The van der Waals surface area contributed by atoms with E-state index in [1.165, 1.54) is 11.1 Å². The first-order valence-corrected chi connectivity index (χ1v) is 9.05. The molecule has 1 unspecified atom stereocenters. The molecule has 26 heavy (non-hydrogen) atoms. The Balaban J connectivity index is 1.62. The summed E-state index contributed by atoms with van der Waals surface area (Å²) in [4.78, 5) is 15.1. The lowest BCUT2D eigenvalue weighted by molar-refractivity contribution is -0.117. The van der Waals surface area contributed by atoms with Crippen LogP contribution in [0, 0.1) is 0 Å². The molecule has 3 aromatic carbocycles. The average Bonchev–Trinajstić information content (AvgIpc) is 2.69. The van der Waals surface area contributed by atoms with E-state index in [1.807, 2.05) is 54.6 Å². The van der Waals surface area contributed by atoms with E-state index in [-0.39, 0.29) is 11.9 Å². The molecular weight excluding hydrogens is 320 g/mol. The number of aryl methyl sites for hydroxylation is 1. The van der Waals surface area contributed by atoms with Crippen molar-refractivity contribution in [3.63, 3.8) is 0 Å². The third-order valence-corrected chi connectivity index (χ3v) is 4.90. The van der Waals surface area contributed by atoms with Crippen LogP contribution in [0.4, 0.5) is 11.4 Å². The Bertz CT molecular complexity index is 877. The van der Waals surface area contributed by atoms with Crippen molar-refractivity contribution in [2.75, 3.05) is 10.2 Å². The average molecular weight is 342 g/mol. The zero-order valence-corrected chi connectivity index (χ0v) is 14.6. The molecule has 0 saturated carbocycles. The Hall–Kier alpha value is -3.07. The van der Waals surface area contributed by atoms with Crippen molar-refractivity contribution < 1.29 is 4.79 Å². The number of hydrogen-bond donors (Lipinski definition) is 1. The molecule has 0 saturated heterocycles. The number of amides is 1. The van der Waals surface area contributed by atoms with Gasteiger partial charge in [-0.1, -0.05) is 72.8 Å². The summed E-state index contributed by atoms with van der Waals surface area (Å²) < 4.78 is 0. The Morgan fingerprint density at radius 2 is 1.38 bits per heavy atom. The molecule has 3 nitrogen and oxygen atoms in total. The number of carbonyl (C=O) groups excluding carboxylic acids is 1. The lowest BCUT2D eigenvalue weighted by Gasteiger charge is -2.38. The number of nitrogens with one attached hydrogen (secondary N) is 1. The van der Waals surface area contributed by atoms with E-state index in [1.54, 1.807) is 0 Å². The minimum atomic E-state index is -0.176. The smallest absolute Gasteiger partial charge is 0.247 e. The maximum atomic E-state index is 12.8. The van der Waals surface area contributed by atoms with Crippen molar-refractivity contribution >= 4 is 17.3 Å². The molecule has 0 fully saturated rings. The molecule has 0 bridgehead atoms. The second-order valence-corrected chi connectivity index (χ2v) is 6.66. The monoisotopic (exact) mass is 342 g/mol. The minimum Gasteiger partial charge on any atom is -0.353 e. The molecule has 0 spiro atoms. The van der Waals surface area contributed by atoms with Crippen LogP contribution in [-0.2, 0) is 17.8 Å². The normalized spacial score (nSPS) is 16.1. The fraction of sp³-hybridized carbons (Fsp3) is 0.174. The van der Waals surface area contributed by atoms with Crippen molar-refractivity contribution in [3.05, 3.63) is 96.1 Å². The molecule has 1 N–H and O–H groups in total. The van der Waals surface area contributed by atoms with Crippen LogP contribution in [-0.4, -0.2) is 11.9 Å². The maximum absolute atomic E-state index is 12.8. The Kier molecular flexibility index (Phi) is 4.69. The van der Waals surface area contributed by atoms with Crippen LogP contribution in [0.5, 0.6) is 0 Å². The van der Waals surface area contributed by atoms with Gasteiger partial charge in [0.05, 0.1) is 11.4 Å². The summed E-state index contributed by atoms with van der Waals surface area (Å²) in [6, 6.07) is 28.6. The second-order valence-electron chi connectivity index (χ2n) is 6.66. The number of benzene rings is 3. The van der Waals surface area contributed by atoms with Gasteiger partial charge in [0, 0.05) is 6.54 Å². The van der Waals surface area contributed by atoms with Gasteiger partial charge in [-0.05, 0) is 36.1 Å². The number of carbonyl (C=O) groups is 1. The standard InChI is InChI=1S/C23H22N2O/c26-23-22(16-15-18-9-3-1-4-10-18)25(17-19-11-5-2-6-12-19)21-14-8-7-13-20(21)24-23/h1-14,22H,15-17H2,(H,24,26). The summed E-state index contributed by atoms with van der Waals surface area (Å²) in [6.45, 7) is 0.727. The van der Waals surface area contributed by atoms with Crippen LogP contribution in [0.1, 0.15) is 17.5 Å². The molecule has 1 atom stereocenters. The molecule has 0 aromatic heterocycles. The van der Waals surface area contributed by atoms with Gasteiger partial charge in [0.25, 0.3) is 0 Å². The lowest BCUT2D eigenvalue weighted by Crippen LogP contribution is -2.48. The van der Waals surface area contributed by atoms with Crippen LogP contribution in [0.25, 0.3) is 0 Å².